The van der Waals surface area contributed by atoms with Crippen LogP contribution < -0.4 is 22.3 Å². The average molecular weight is 401 g/mol. The minimum absolute atomic E-state index is 0. The number of nitrogens with zero attached hydrogens (tertiary/aromatic N) is 3. The van der Waals surface area contributed by atoms with E-state index >= 15 is 0 Å². The lowest BCUT2D eigenvalue weighted by Crippen LogP contribution is -3.00. The lowest BCUT2D eigenvalue weighted by atomic mass is 10.0. The highest BCUT2D eigenvalue weighted by Crippen LogP contribution is 2.29. The number of benzodiazepines with no additional fused rings is 1. The van der Waals surface area contributed by atoms with Crippen LogP contribution in [0.2, 0.25) is 5.02 Å². The number of nitrogens with one attached hydrogen (secondary N) is 1. The van der Waals surface area contributed by atoms with Gasteiger partial charge in [0.1, 0.15) is 12.4 Å². The smallest absolute Gasteiger partial charge is 0.293 e. The van der Waals surface area contributed by atoms with E-state index in [0.29, 0.717) is 10.7 Å². The minimum Gasteiger partial charge on any atom is -1.00 e. The summed E-state index contributed by atoms with van der Waals surface area (Å²) in [5.41, 5.74) is 3.20. The zero-order valence-corrected chi connectivity index (χ0v) is 16.2. The molecule has 0 saturated carbocycles. The summed E-state index contributed by atoms with van der Waals surface area (Å²) in [5, 5.41) is 3.58. The molecular formula is C20H18Cl2N4O. The van der Waals surface area contributed by atoms with Crippen LogP contribution >= 0.6 is 11.6 Å². The topological polar surface area (TPSA) is 50.3 Å². The number of aromatic nitrogens is 2. The average Bonchev–Trinajstić information content (AvgIpc) is 3.08. The molecule has 2 heterocycles. The van der Waals surface area contributed by atoms with Gasteiger partial charge >= 0.3 is 0 Å². The van der Waals surface area contributed by atoms with Gasteiger partial charge in [0.05, 0.1) is 17.9 Å². The lowest BCUT2D eigenvalue weighted by Gasteiger charge is -2.10. The van der Waals surface area contributed by atoms with Gasteiger partial charge in [-0.2, -0.15) is 0 Å². The molecule has 5 nitrogen and oxygen atoms in total. The van der Waals surface area contributed by atoms with Crippen LogP contribution in [0.15, 0.2) is 72.2 Å². The van der Waals surface area contributed by atoms with E-state index in [1.165, 1.54) is 0 Å². The van der Waals surface area contributed by atoms with E-state index in [9.17, 15) is 4.79 Å². The van der Waals surface area contributed by atoms with E-state index in [1.54, 1.807) is 6.07 Å². The second-order valence-electron chi connectivity index (χ2n) is 6.09. The highest BCUT2D eigenvalue weighted by Gasteiger charge is 2.30. The number of imidazole rings is 1. The zero-order valence-electron chi connectivity index (χ0n) is 14.6. The van der Waals surface area contributed by atoms with Crippen LogP contribution in [0.3, 0.4) is 0 Å². The van der Waals surface area contributed by atoms with Crippen LogP contribution in [0.4, 0.5) is 5.69 Å². The SMILES string of the molecule is CC[n+]1ccn(C2N=C(c3ccccc3)c3cc(Cl)ccc3NC2=O)c1.[Cl-]. The van der Waals surface area contributed by atoms with Gasteiger partial charge in [0.25, 0.3) is 12.1 Å². The Morgan fingerprint density at radius 3 is 2.70 bits per heavy atom. The van der Waals surface area contributed by atoms with Gasteiger partial charge in [0.15, 0.2) is 0 Å². The number of amides is 1. The molecular weight excluding hydrogens is 383 g/mol. The number of anilines is 1. The second-order valence-corrected chi connectivity index (χ2v) is 6.52. The Labute approximate surface area is 168 Å². The molecule has 1 N–H and O–H groups in total. The highest BCUT2D eigenvalue weighted by atomic mass is 35.5. The third-order valence-electron chi connectivity index (χ3n) is 4.39. The zero-order chi connectivity index (χ0) is 18.1. The molecule has 138 valence electrons. The number of fused-ring (bicyclic) bond motifs is 1. The molecule has 27 heavy (non-hydrogen) atoms. The van der Waals surface area contributed by atoms with Crippen LogP contribution in [0, 0.1) is 0 Å². The van der Waals surface area contributed by atoms with Gasteiger partial charge in [-0.25, -0.2) is 14.1 Å². The second kappa shape index (κ2) is 7.94. The molecule has 0 fully saturated rings. The number of carbonyl (C=O) groups is 1. The van der Waals surface area contributed by atoms with Gasteiger partial charge in [-0.05, 0) is 25.1 Å². The maximum Gasteiger partial charge on any atom is 0.293 e. The van der Waals surface area contributed by atoms with E-state index in [-0.39, 0.29) is 18.3 Å². The van der Waals surface area contributed by atoms with Gasteiger partial charge in [0.2, 0.25) is 6.33 Å². The highest BCUT2D eigenvalue weighted by molar-refractivity contribution is 6.32. The fourth-order valence-corrected chi connectivity index (χ4v) is 3.21. The number of benzene rings is 2. The van der Waals surface area contributed by atoms with Crippen LogP contribution in [-0.4, -0.2) is 16.2 Å². The van der Waals surface area contributed by atoms with Gasteiger partial charge in [-0.15, -0.1) is 0 Å². The number of hydrogen-bond donors (Lipinski definition) is 1. The molecule has 2 aromatic carbocycles. The van der Waals surface area contributed by atoms with Crippen molar-refractivity contribution in [1.29, 1.82) is 0 Å². The Morgan fingerprint density at radius 2 is 2.00 bits per heavy atom. The summed E-state index contributed by atoms with van der Waals surface area (Å²) in [5.74, 6) is -0.182. The molecule has 7 heteroatoms. The Balaban J connectivity index is 0.00000210. The molecule has 1 unspecified atom stereocenters. The van der Waals surface area contributed by atoms with E-state index in [1.807, 2.05) is 77.2 Å². The molecule has 0 bridgehead atoms. The third-order valence-corrected chi connectivity index (χ3v) is 4.62. The number of halogens is 2. The van der Waals surface area contributed by atoms with Crippen molar-refractivity contribution < 1.29 is 21.8 Å². The van der Waals surface area contributed by atoms with Crippen molar-refractivity contribution in [2.45, 2.75) is 19.6 Å². The monoisotopic (exact) mass is 400 g/mol. The summed E-state index contributed by atoms with van der Waals surface area (Å²) in [7, 11) is 0. The van der Waals surface area contributed by atoms with E-state index in [4.69, 9.17) is 16.6 Å². The molecule has 1 atom stereocenters. The van der Waals surface area contributed by atoms with Crippen LogP contribution in [-0.2, 0) is 11.3 Å². The Hall–Kier alpha value is -2.63. The van der Waals surface area contributed by atoms with Gasteiger partial charge in [0, 0.05) is 16.1 Å². The maximum atomic E-state index is 12.9. The van der Waals surface area contributed by atoms with E-state index in [2.05, 4.69) is 5.32 Å². The van der Waals surface area contributed by atoms with Gasteiger partial charge in [-0.3, -0.25) is 4.79 Å². The fourth-order valence-electron chi connectivity index (χ4n) is 3.04. The molecule has 0 aliphatic carbocycles. The van der Waals surface area contributed by atoms with E-state index in [0.717, 1.165) is 23.4 Å². The molecule has 4 rings (SSSR count). The summed E-state index contributed by atoms with van der Waals surface area (Å²) in [6.07, 6.45) is 4.99. The lowest BCUT2D eigenvalue weighted by molar-refractivity contribution is -0.693. The molecule has 0 radical (unpaired) electrons. The van der Waals surface area contributed by atoms with E-state index < -0.39 is 6.17 Å². The molecule has 0 spiro atoms. The Kier molecular flexibility index (Phi) is 5.63. The first-order chi connectivity index (χ1) is 12.7. The van der Waals surface area contributed by atoms with Gasteiger partial charge < -0.3 is 17.7 Å². The van der Waals surface area contributed by atoms with Crippen molar-refractivity contribution in [2.24, 2.45) is 4.99 Å². The first-order valence-corrected chi connectivity index (χ1v) is 8.84. The molecule has 3 aromatic rings. The first kappa shape index (κ1) is 19.1. The quantitative estimate of drug-likeness (QED) is 0.637. The van der Waals surface area contributed by atoms with Crippen LogP contribution in [0.1, 0.15) is 24.2 Å². The normalized spacial score (nSPS) is 15.9. The molecule has 1 aromatic heterocycles. The number of aryl methyl sites for hydroxylation is 1. The molecule has 1 amide bonds. The Bertz CT molecular complexity index is 998. The fraction of sp³-hybridized carbons (Fsp3) is 0.150. The van der Waals surface area contributed by atoms with Crippen LogP contribution in [0.25, 0.3) is 0 Å². The maximum absolute atomic E-state index is 12.9. The van der Waals surface area contributed by atoms with Crippen LogP contribution in [0.5, 0.6) is 0 Å². The Morgan fingerprint density at radius 1 is 1.22 bits per heavy atom. The summed E-state index contributed by atoms with van der Waals surface area (Å²) in [6.45, 7) is 2.88. The number of aliphatic imine (C=N–C) groups is 1. The first-order valence-electron chi connectivity index (χ1n) is 8.46. The van der Waals surface area contributed by atoms with Crippen molar-refractivity contribution in [3.8, 4) is 0 Å². The van der Waals surface area contributed by atoms with Gasteiger partial charge in [-0.1, -0.05) is 41.9 Å². The number of carbonyl (C=O) groups excluding carboxylic acids is 1. The largest absolute Gasteiger partial charge is 1.00 e. The number of rotatable bonds is 3. The predicted molar refractivity (Wildman–Crippen MR) is 102 cm³/mol. The van der Waals surface area contributed by atoms with Crippen molar-refractivity contribution >= 4 is 28.9 Å². The summed E-state index contributed by atoms with van der Waals surface area (Å²) >= 11 is 6.22. The minimum atomic E-state index is -0.691. The van der Waals surface area contributed by atoms with Crippen molar-refractivity contribution in [3.05, 3.63) is 83.4 Å². The standard InChI is InChI=1S/C20H17ClN4O.ClH/c1-2-24-10-11-25(13-24)19-20(26)22-17-9-8-15(21)12-16(17)18(23-19)14-6-4-3-5-7-14;/h3-13,19H,2H2,1H3;1H. The summed E-state index contributed by atoms with van der Waals surface area (Å²) < 4.78 is 3.81. The molecule has 1 aliphatic rings. The third kappa shape index (κ3) is 3.75. The molecule has 0 saturated heterocycles. The summed E-state index contributed by atoms with van der Waals surface area (Å²) in [4.78, 5) is 17.7. The predicted octanol–water partition coefficient (Wildman–Crippen LogP) is 0.441. The van der Waals surface area contributed by atoms with Crippen molar-refractivity contribution in [1.82, 2.24) is 4.57 Å². The molecule has 1 aliphatic heterocycles. The van der Waals surface area contributed by atoms with Crippen molar-refractivity contribution in [2.75, 3.05) is 5.32 Å². The number of hydrogen-bond acceptors (Lipinski definition) is 2. The summed E-state index contributed by atoms with van der Waals surface area (Å²) in [6, 6.07) is 15.3. The van der Waals surface area contributed by atoms with Crippen molar-refractivity contribution in [3.63, 3.8) is 0 Å².